The van der Waals surface area contributed by atoms with Crippen LogP contribution in [0, 0.1) is 11.8 Å². The van der Waals surface area contributed by atoms with Crippen molar-refractivity contribution in [3.05, 3.63) is 54.6 Å². The van der Waals surface area contributed by atoms with Crippen LogP contribution in [0.2, 0.25) is 0 Å². The Bertz CT molecular complexity index is 690. The lowest BCUT2D eigenvalue weighted by atomic mass is 9.89. The number of amides is 1. The van der Waals surface area contributed by atoms with E-state index in [2.05, 4.69) is 5.32 Å². The molecule has 1 fully saturated rings. The predicted molar refractivity (Wildman–Crippen MR) is 122 cm³/mol. The van der Waals surface area contributed by atoms with Gasteiger partial charge in [0.25, 0.3) is 0 Å². The van der Waals surface area contributed by atoms with Gasteiger partial charge in [-0.15, -0.1) is 0 Å². The van der Waals surface area contributed by atoms with Gasteiger partial charge in [-0.2, -0.15) is 0 Å². The number of nitrogens with one attached hydrogen (secondary N) is 1. The molecular formula is C25H37NO5. The molecule has 172 valence electrons. The second-order valence-corrected chi connectivity index (χ2v) is 8.07. The van der Waals surface area contributed by atoms with Crippen LogP contribution in [0.5, 0.6) is 5.75 Å². The summed E-state index contributed by atoms with van der Waals surface area (Å²) in [6, 6.07) is 9.46. The molecule has 6 heteroatoms. The molecule has 31 heavy (non-hydrogen) atoms. The monoisotopic (exact) mass is 431 g/mol. The first-order valence-electron chi connectivity index (χ1n) is 11.3. The molecule has 0 spiro atoms. The maximum absolute atomic E-state index is 11.4. The summed E-state index contributed by atoms with van der Waals surface area (Å²) in [6.45, 7) is 2.95. The fourth-order valence-corrected chi connectivity index (χ4v) is 3.91. The number of ether oxygens (including phenoxy) is 1. The number of carbonyl (C=O) groups excluding carboxylic acids is 1. The van der Waals surface area contributed by atoms with Gasteiger partial charge in [0, 0.05) is 31.7 Å². The van der Waals surface area contributed by atoms with Crippen LogP contribution in [0.1, 0.15) is 45.4 Å². The van der Waals surface area contributed by atoms with E-state index in [1.165, 1.54) is 0 Å². The van der Waals surface area contributed by atoms with Crippen molar-refractivity contribution < 1.29 is 24.9 Å². The molecule has 0 unspecified atom stereocenters. The Morgan fingerprint density at radius 1 is 1.23 bits per heavy atom. The summed E-state index contributed by atoms with van der Waals surface area (Å²) in [5.41, 5.74) is 0. The summed E-state index contributed by atoms with van der Waals surface area (Å²) in [4.78, 5) is 11.4. The average molecular weight is 432 g/mol. The Morgan fingerprint density at radius 3 is 2.74 bits per heavy atom. The Labute approximate surface area is 185 Å². The average Bonchev–Trinajstić information content (AvgIpc) is 3.02. The van der Waals surface area contributed by atoms with Crippen molar-refractivity contribution in [1.29, 1.82) is 0 Å². The third kappa shape index (κ3) is 9.25. The Hall–Kier alpha value is -2.15. The highest BCUT2D eigenvalue weighted by atomic mass is 16.5. The number of hydrogen-bond acceptors (Lipinski definition) is 5. The highest BCUT2D eigenvalue weighted by Crippen LogP contribution is 2.36. The van der Waals surface area contributed by atoms with Crippen LogP contribution < -0.4 is 10.1 Å². The number of carbonyl (C=O) groups is 1. The first-order chi connectivity index (χ1) is 15.0. The molecule has 1 amide bonds. The minimum atomic E-state index is -0.667. The second kappa shape index (κ2) is 14.0. The van der Waals surface area contributed by atoms with Gasteiger partial charge in [-0.1, -0.05) is 42.5 Å². The zero-order valence-corrected chi connectivity index (χ0v) is 18.4. The van der Waals surface area contributed by atoms with E-state index in [4.69, 9.17) is 4.74 Å². The number of para-hydroxylation sites is 1. The molecule has 1 saturated carbocycles. The first kappa shape index (κ1) is 25.1. The number of benzene rings is 1. The molecule has 0 aliphatic heterocycles. The molecule has 5 atom stereocenters. The number of allylic oxidation sites excluding steroid dienone is 2. The van der Waals surface area contributed by atoms with Crippen LogP contribution in [-0.2, 0) is 4.79 Å². The number of aliphatic hydroxyl groups is 3. The van der Waals surface area contributed by atoms with E-state index in [0.717, 1.165) is 18.6 Å². The van der Waals surface area contributed by atoms with Gasteiger partial charge in [0.2, 0.25) is 5.91 Å². The van der Waals surface area contributed by atoms with Crippen LogP contribution in [0.4, 0.5) is 0 Å². The zero-order valence-electron chi connectivity index (χ0n) is 18.4. The molecule has 1 aliphatic carbocycles. The standard InChI is InChI=1S/C25H37NO5/c1-2-26-25(30)13-9-4-3-8-12-21-22(24(29)18-23(21)28)15-14-19(27)16-17-31-20-10-6-5-7-11-20/h3,5-8,10-11,14-15,19,21-24,27-29H,2,4,9,12-13,16-18H2,1H3,(H,26,30)/b8-3?,15-14+/t19-,21-,22-,23+,24-/m1/s1. The topological polar surface area (TPSA) is 99.0 Å². The van der Waals surface area contributed by atoms with Crippen molar-refractivity contribution in [3.63, 3.8) is 0 Å². The molecular weight excluding hydrogens is 394 g/mol. The number of hydrogen-bond donors (Lipinski definition) is 4. The highest BCUT2D eigenvalue weighted by Gasteiger charge is 2.39. The van der Waals surface area contributed by atoms with Gasteiger partial charge >= 0.3 is 0 Å². The quantitative estimate of drug-likeness (QED) is 0.284. The van der Waals surface area contributed by atoms with Gasteiger partial charge in [-0.25, -0.2) is 0 Å². The number of rotatable bonds is 13. The van der Waals surface area contributed by atoms with E-state index >= 15 is 0 Å². The summed E-state index contributed by atoms with van der Waals surface area (Å²) in [6.07, 6.45) is 9.30. The van der Waals surface area contributed by atoms with Gasteiger partial charge in [0.15, 0.2) is 0 Å². The molecule has 2 rings (SSSR count). The van der Waals surface area contributed by atoms with Gasteiger partial charge in [0.1, 0.15) is 5.75 Å². The van der Waals surface area contributed by atoms with E-state index in [0.29, 0.717) is 38.8 Å². The van der Waals surface area contributed by atoms with E-state index < -0.39 is 18.3 Å². The summed E-state index contributed by atoms with van der Waals surface area (Å²) in [5, 5.41) is 33.7. The Balaban J connectivity index is 1.74. The van der Waals surface area contributed by atoms with Gasteiger partial charge in [-0.05, 0) is 44.2 Å². The molecule has 4 N–H and O–H groups in total. The molecule has 0 saturated heterocycles. The summed E-state index contributed by atoms with van der Waals surface area (Å²) in [7, 11) is 0. The minimum absolute atomic E-state index is 0.0724. The van der Waals surface area contributed by atoms with Gasteiger partial charge in [0.05, 0.1) is 24.9 Å². The van der Waals surface area contributed by atoms with E-state index in [9.17, 15) is 20.1 Å². The number of unbranched alkanes of at least 4 members (excludes halogenated alkanes) is 1. The SMILES string of the molecule is CCNC(=O)CCCC=CC[C@@H]1[C@@H](/C=C/[C@@H](O)CCOc2ccccc2)[C@H](O)C[C@@H]1O. The van der Waals surface area contributed by atoms with Gasteiger partial charge < -0.3 is 25.4 Å². The van der Waals surface area contributed by atoms with Crippen molar-refractivity contribution >= 4 is 5.91 Å². The largest absolute Gasteiger partial charge is 0.493 e. The molecule has 6 nitrogen and oxygen atoms in total. The zero-order chi connectivity index (χ0) is 22.5. The molecule has 0 aromatic heterocycles. The normalized spacial score (nSPS) is 24.6. The van der Waals surface area contributed by atoms with E-state index in [1.807, 2.05) is 55.5 Å². The summed E-state index contributed by atoms with van der Waals surface area (Å²) < 4.78 is 5.60. The maximum atomic E-state index is 11.4. The van der Waals surface area contributed by atoms with Crippen molar-refractivity contribution in [2.45, 2.75) is 63.8 Å². The Morgan fingerprint density at radius 2 is 2.00 bits per heavy atom. The summed E-state index contributed by atoms with van der Waals surface area (Å²) in [5.74, 6) is 0.562. The van der Waals surface area contributed by atoms with Crippen molar-refractivity contribution in [1.82, 2.24) is 5.32 Å². The first-order valence-corrected chi connectivity index (χ1v) is 11.3. The fraction of sp³-hybridized carbons (Fsp3) is 0.560. The predicted octanol–water partition coefficient (Wildman–Crippen LogP) is 2.98. The van der Waals surface area contributed by atoms with E-state index in [-0.39, 0.29) is 17.7 Å². The van der Waals surface area contributed by atoms with Crippen molar-refractivity contribution in [2.24, 2.45) is 11.8 Å². The lowest BCUT2D eigenvalue weighted by molar-refractivity contribution is -0.121. The second-order valence-electron chi connectivity index (χ2n) is 8.07. The Kier molecular flexibility index (Phi) is 11.4. The molecule has 1 aromatic carbocycles. The molecule has 1 aromatic rings. The third-order valence-electron chi connectivity index (χ3n) is 5.62. The molecule has 0 radical (unpaired) electrons. The highest BCUT2D eigenvalue weighted by molar-refractivity contribution is 5.75. The lowest BCUT2D eigenvalue weighted by Gasteiger charge is -2.19. The van der Waals surface area contributed by atoms with Crippen LogP contribution in [0.25, 0.3) is 0 Å². The van der Waals surface area contributed by atoms with Crippen molar-refractivity contribution in [2.75, 3.05) is 13.2 Å². The third-order valence-corrected chi connectivity index (χ3v) is 5.62. The maximum Gasteiger partial charge on any atom is 0.219 e. The van der Waals surface area contributed by atoms with E-state index in [1.54, 1.807) is 6.08 Å². The van der Waals surface area contributed by atoms with Gasteiger partial charge in [-0.3, -0.25) is 4.79 Å². The smallest absolute Gasteiger partial charge is 0.219 e. The molecule has 0 bridgehead atoms. The van der Waals surface area contributed by atoms with Crippen LogP contribution in [-0.4, -0.2) is 52.7 Å². The lowest BCUT2D eigenvalue weighted by Crippen LogP contribution is -2.21. The fourth-order valence-electron chi connectivity index (χ4n) is 3.91. The molecule has 1 aliphatic rings. The molecule has 0 heterocycles. The summed E-state index contributed by atoms with van der Waals surface area (Å²) >= 11 is 0. The number of aliphatic hydroxyl groups excluding tert-OH is 3. The van der Waals surface area contributed by atoms with Crippen molar-refractivity contribution in [3.8, 4) is 5.75 Å². The van der Waals surface area contributed by atoms with Crippen LogP contribution in [0.3, 0.4) is 0 Å². The minimum Gasteiger partial charge on any atom is -0.493 e. The van der Waals surface area contributed by atoms with Crippen LogP contribution in [0.15, 0.2) is 54.6 Å². The van der Waals surface area contributed by atoms with Crippen LogP contribution >= 0.6 is 0 Å².